The van der Waals surface area contributed by atoms with Gasteiger partial charge in [-0.2, -0.15) is 0 Å². The summed E-state index contributed by atoms with van der Waals surface area (Å²) >= 11 is 18.3. The van der Waals surface area contributed by atoms with Crippen LogP contribution in [0.15, 0.2) is 54.1 Å². The summed E-state index contributed by atoms with van der Waals surface area (Å²) < 4.78 is 21.8. The average Bonchev–Trinajstić information content (AvgIpc) is 2.91. The van der Waals surface area contributed by atoms with Crippen LogP contribution in [-0.4, -0.2) is 39.2 Å². The maximum Gasteiger partial charge on any atom is 0.336 e. The van der Waals surface area contributed by atoms with Gasteiger partial charge < -0.3 is 18.9 Å². The van der Waals surface area contributed by atoms with Crippen LogP contribution in [0.4, 0.5) is 10.5 Å². The zero-order valence-corrected chi connectivity index (χ0v) is 23.1. The number of nitrogens with zero attached hydrogens (tertiary/aromatic N) is 1. The number of anilines is 1. The highest BCUT2D eigenvalue weighted by Gasteiger charge is 2.38. The molecule has 1 aliphatic heterocycles. The van der Waals surface area contributed by atoms with Crippen molar-refractivity contribution in [1.82, 2.24) is 5.32 Å². The van der Waals surface area contributed by atoms with Gasteiger partial charge in [0.2, 0.25) is 0 Å². The Morgan fingerprint density at radius 3 is 2.18 bits per heavy atom. The Morgan fingerprint density at radius 2 is 1.51 bits per heavy atom. The van der Waals surface area contributed by atoms with Crippen molar-refractivity contribution in [2.24, 2.45) is 0 Å². The Bertz CT molecular complexity index is 1510. The van der Waals surface area contributed by atoms with Crippen LogP contribution in [0.1, 0.15) is 11.1 Å². The highest BCUT2D eigenvalue weighted by atomic mass is 35.5. The maximum absolute atomic E-state index is 13.4. The van der Waals surface area contributed by atoms with Gasteiger partial charge in [0, 0.05) is 27.7 Å². The Morgan fingerprint density at radius 1 is 0.795 bits per heavy atom. The number of rotatable bonds is 8. The van der Waals surface area contributed by atoms with Crippen LogP contribution in [0.5, 0.6) is 23.0 Å². The normalized spacial score (nSPS) is 14.4. The number of amides is 4. The molecule has 202 valence electrons. The summed E-state index contributed by atoms with van der Waals surface area (Å²) in [5.41, 5.74) is 0.908. The first kappa shape index (κ1) is 28.1. The lowest BCUT2D eigenvalue weighted by atomic mass is 10.1. The van der Waals surface area contributed by atoms with Crippen LogP contribution in [0.25, 0.3) is 6.08 Å². The predicted molar refractivity (Wildman–Crippen MR) is 147 cm³/mol. The van der Waals surface area contributed by atoms with Crippen molar-refractivity contribution in [2.75, 3.05) is 26.2 Å². The maximum atomic E-state index is 13.4. The first-order valence-corrected chi connectivity index (χ1v) is 12.4. The third kappa shape index (κ3) is 5.90. The van der Waals surface area contributed by atoms with Crippen LogP contribution < -0.4 is 29.2 Å². The van der Waals surface area contributed by atoms with Crippen LogP contribution in [0.2, 0.25) is 15.1 Å². The summed E-state index contributed by atoms with van der Waals surface area (Å²) in [5.74, 6) is -0.659. The zero-order chi connectivity index (χ0) is 28.3. The third-order valence-electron chi connectivity index (χ3n) is 5.69. The minimum atomic E-state index is -0.952. The second kappa shape index (κ2) is 11.9. The summed E-state index contributed by atoms with van der Waals surface area (Å²) in [6, 6.07) is 11.7. The molecule has 9 nitrogen and oxygen atoms in total. The van der Waals surface area contributed by atoms with Crippen LogP contribution >= 0.6 is 34.8 Å². The van der Waals surface area contributed by atoms with Gasteiger partial charge in [-0.05, 0) is 35.9 Å². The molecule has 0 aromatic heterocycles. The van der Waals surface area contributed by atoms with Crippen molar-refractivity contribution in [1.29, 1.82) is 0 Å². The fourth-order valence-corrected chi connectivity index (χ4v) is 4.44. The van der Waals surface area contributed by atoms with Gasteiger partial charge in [-0.15, -0.1) is 0 Å². The summed E-state index contributed by atoms with van der Waals surface area (Å²) in [5, 5.41) is 3.35. The van der Waals surface area contributed by atoms with Crippen molar-refractivity contribution >= 4 is 64.4 Å². The summed E-state index contributed by atoms with van der Waals surface area (Å²) in [4.78, 5) is 39.6. The van der Waals surface area contributed by atoms with E-state index in [0.717, 1.165) is 10.5 Å². The molecule has 4 rings (SSSR count). The molecular formula is C27H21Cl3N2O7. The Hall–Kier alpha value is -3.92. The molecule has 3 aromatic rings. The SMILES string of the molecule is COc1cc(N2C(=O)NC(=O)/C(=C\c3ccc(OCc4ccc(Cl)cc4Cl)c(OC)c3)C2=O)c(OC)cc1Cl. The standard InChI is InChI=1S/C27H21Cl3N2O7/c1-36-22-12-20(23(37-2)11-19(22)30)32-26(34)17(25(33)31-27(32)35)8-14-4-7-21(24(9-14)38-3)39-13-15-5-6-16(28)10-18(15)29/h4-12H,13H2,1-3H3,(H,31,33,35)/b17-8+. The molecule has 12 heteroatoms. The van der Waals surface area contributed by atoms with Gasteiger partial charge in [0.15, 0.2) is 11.5 Å². The van der Waals surface area contributed by atoms with E-state index in [9.17, 15) is 14.4 Å². The van der Waals surface area contributed by atoms with E-state index in [0.29, 0.717) is 27.1 Å². The molecule has 39 heavy (non-hydrogen) atoms. The molecule has 0 unspecified atom stereocenters. The molecule has 3 aromatic carbocycles. The zero-order valence-electron chi connectivity index (χ0n) is 20.8. The summed E-state index contributed by atoms with van der Waals surface area (Å²) in [7, 11) is 4.19. The number of hydrogen-bond acceptors (Lipinski definition) is 7. The highest BCUT2D eigenvalue weighted by molar-refractivity contribution is 6.40. The number of methoxy groups -OCH3 is 3. The third-order valence-corrected chi connectivity index (χ3v) is 6.58. The van der Waals surface area contributed by atoms with Crippen molar-refractivity contribution in [3.63, 3.8) is 0 Å². The lowest BCUT2D eigenvalue weighted by molar-refractivity contribution is -0.122. The molecule has 0 saturated carbocycles. The molecule has 0 radical (unpaired) electrons. The average molecular weight is 592 g/mol. The van der Waals surface area contributed by atoms with E-state index >= 15 is 0 Å². The van der Waals surface area contributed by atoms with Crippen molar-refractivity contribution in [2.45, 2.75) is 6.61 Å². The van der Waals surface area contributed by atoms with Gasteiger partial charge in [0.25, 0.3) is 11.8 Å². The largest absolute Gasteiger partial charge is 0.495 e. The Kier molecular flexibility index (Phi) is 8.54. The van der Waals surface area contributed by atoms with E-state index in [1.54, 1.807) is 36.4 Å². The van der Waals surface area contributed by atoms with Crippen molar-refractivity contribution in [3.05, 3.63) is 80.3 Å². The number of hydrogen-bond donors (Lipinski definition) is 1. The summed E-state index contributed by atoms with van der Waals surface area (Å²) in [6.07, 6.45) is 1.33. The number of urea groups is 1. The van der Waals surface area contributed by atoms with Gasteiger partial charge in [-0.3, -0.25) is 14.9 Å². The predicted octanol–water partition coefficient (Wildman–Crippen LogP) is 5.92. The fourth-order valence-electron chi connectivity index (χ4n) is 3.75. The summed E-state index contributed by atoms with van der Waals surface area (Å²) in [6.45, 7) is 0.150. The Balaban J connectivity index is 1.64. The number of ether oxygens (including phenoxy) is 4. The molecule has 1 saturated heterocycles. The second-order valence-corrected chi connectivity index (χ2v) is 9.30. The van der Waals surface area contributed by atoms with Crippen LogP contribution in [0.3, 0.4) is 0 Å². The number of imide groups is 2. The number of carbonyl (C=O) groups is 3. The number of barbiturate groups is 1. The topological polar surface area (TPSA) is 103 Å². The van der Waals surface area contributed by atoms with Gasteiger partial charge in [0.05, 0.1) is 32.0 Å². The quantitative estimate of drug-likeness (QED) is 0.256. The molecule has 0 spiro atoms. The monoisotopic (exact) mass is 590 g/mol. The molecule has 0 aliphatic carbocycles. The number of halogens is 3. The molecule has 1 N–H and O–H groups in total. The number of benzene rings is 3. The van der Waals surface area contributed by atoms with Crippen LogP contribution in [-0.2, 0) is 16.2 Å². The molecule has 1 heterocycles. The lowest BCUT2D eigenvalue weighted by Crippen LogP contribution is -2.54. The van der Waals surface area contributed by atoms with E-state index in [4.69, 9.17) is 53.8 Å². The molecule has 1 aliphatic rings. The molecule has 0 atom stereocenters. The van der Waals surface area contributed by atoms with Gasteiger partial charge in [0.1, 0.15) is 23.7 Å². The minimum Gasteiger partial charge on any atom is -0.495 e. The van der Waals surface area contributed by atoms with Crippen molar-refractivity contribution in [3.8, 4) is 23.0 Å². The second-order valence-electron chi connectivity index (χ2n) is 8.05. The van der Waals surface area contributed by atoms with Gasteiger partial charge in [-0.1, -0.05) is 46.9 Å². The highest BCUT2D eigenvalue weighted by Crippen LogP contribution is 2.39. The van der Waals surface area contributed by atoms with Crippen molar-refractivity contribution < 1.29 is 33.3 Å². The van der Waals surface area contributed by atoms with E-state index in [2.05, 4.69) is 5.32 Å². The number of nitrogens with one attached hydrogen (secondary N) is 1. The first-order valence-electron chi connectivity index (χ1n) is 11.2. The van der Waals surface area contributed by atoms with Crippen LogP contribution in [0, 0.1) is 0 Å². The minimum absolute atomic E-state index is 0.0434. The number of carbonyl (C=O) groups excluding carboxylic acids is 3. The van der Waals surface area contributed by atoms with Gasteiger partial charge in [-0.25, -0.2) is 9.69 Å². The first-order chi connectivity index (χ1) is 18.7. The van der Waals surface area contributed by atoms with E-state index in [-0.39, 0.29) is 34.4 Å². The Labute approximate surface area is 238 Å². The van der Waals surface area contributed by atoms with E-state index < -0.39 is 17.8 Å². The van der Waals surface area contributed by atoms with E-state index in [1.807, 2.05) is 0 Å². The molecule has 0 bridgehead atoms. The van der Waals surface area contributed by atoms with Gasteiger partial charge >= 0.3 is 6.03 Å². The lowest BCUT2D eigenvalue weighted by Gasteiger charge is -2.28. The molecule has 4 amide bonds. The smallest absolute Gasteiger partial charge is 0.336 e. The van der Waals surface area contributed by atoms with E-state index in [1.165, 1.54) is 39.5 Å². The fraction of sp³-hybridized carbons (Fsp3) is 0.148. The molecular weight excluding hydrogens is 571 g/mol. The molecule has 1 fully saturated rings.